The number of hydrogen-bond donors (Lipinski definition) is 1. The van der Waals surface area contributed by atoms with Crippen molar-refractivity contribution in [2.24, 2.45) is 0 Å². The highest BCUT2D eigenvalue weighted by Gasteiger charge is 2.43. The summed E-state index contributed by atoms with van der Waals surface area (Å²) in [5, 5.41) is 12.5. The summed E-state index contributed by atoms with van der Waals surface area (Å²) in [5.74, 6) is 1.77. The van der Waals surface area contributed by atoms with E-state index in [9.17, 15) is 5.26 Å². The summed E-state index contributed by atoms with van der Waals surface area (Å²) >= 11 is 0. The van der Waals surface area contributed by atoms with Crippen LogP contribution in [0.15, 0.2) is 59.0 Å². The number of hydrogen-bond acceptors (Lipinski definition) is 4. The predicted molar refractivity (Wildman–Crippen MR) is 92.2 cm³/mol. The molecular weight excluding hydrogens is 298 g/mol. The van der Waals surface area contributed by atoms with Gasteiger partial charge in [-0.05, 0) is 37.0 Å². The molecule has 0 radical (unpaired) electrons. The van der Waals surface area contributed by atoms with Gasteiger partial charge in [0.1, 0.15) is 6.07 Å². The van der Waals surface area contributed by atoms with Crippen LogP contribution in [-0.2, 0) is 0 Å². The van der Waals surface area contributed by atoms with Gasteiger partial charge in [0.15, 0.2) is 0 Å². The molecule has 4 rings (SSSR count). The molecule has 1 aliphatic rings. The van der Waals surface area contributed by atoms with Gasteiger partial charge in [-0.15, -0.1) is 0 Å². The molecule has 4 nitrogen and oxygen atoms in total. The highest BCUT2D eigenvalue weighted by molar-refractivity contribution is 5.59. The number of anilines is 2. The first-order valence-corrected chi connectivity index (χ1v) is 8.04. The highest BCUT2D eigenvalue weighted by Crippen LogP contribution is 2.54. The largest absolute Gasteiger partial charge is 0.423 e. The molecule has 1 saturated carbocycles. The maximum atomic E-state index is 9.33. The number of nitrogens with one attached hydrogen (secondary N) is 1. The Morgan fingerprint density at radius 1 is 1.08 bits per heavy atom. The summed E-state index contributed by atoms with van der Waals surface area (Å²) in [6.45, 7) is 2.04. The molecule has 4 heteroatoms. The van der Waals surface area contributed by atoms with Crippen LogP contribution in [-0.4, -0.2) is 4.98 Å². The summed E-state index contributed by atoms with van der Waals surface area (Å²) in [6, 6.07) is 20.4. The number of oxazole rings is 1. The molecule has 1 heterocycles. The van der Waals surface area contributed by atoms with Gasteiger partial charge >= 0.3 is 0 Å². The van der Waals surface area contributed by atoms with Crippen LogP contribution in [0.1, 0.15) is 41.0 Å². The van der Waals surface area contributed by atoms with E-state index in [1.165, 1.54) is 11.1 Å². The quantitative estimate of drug-likeness (QED) is 0.746. The van der Waals surface area contributed by atoms with Crippen LogP contribution in [0.3, 0.4) is 0 Å². The molecule has 118 valence electrons. The van der Waals surface area contributed by atoms with Crippen LogP contribution < -0.4 is 5.32 Å². The number of benzene rings is 2. The van der Waals surface area contributed by atoms with Crippen molar-refractivity contribution < 1.29 is 4.42 Å². The molecule has 1 aromatic heterocycles. The van der Waals surface area contributed by atoms with E-state index in [1.54, 1.807) is 0 Å². The standard InChI is InChI=1S/C20H17N3O/c1-13-7-9-15(10-8-13)22-20-18(12-21)23-19(24-20)17-11-16(17)14-5-3-2-4-6-14/h2-10,16-17,22H,11H2,1H3. The third-order valence-electron chi connectivity index (χ3n) is 4.39. The lowest BCUT2D eigenvalue weighted by Crippen LogP contribution is -1.90. The van der Waals surface area contributed by atoms with E-state index in [1.807, 2.05) is 49.4 Å². The fraction of sp³-hybridized carbons (Fsp3) is 0.200. The molecule has 1 aliphatic carbocycles. The Hall–Kier alpha value is -3.06. The Balaban J connectivity index is 1.55. The van der Waals surface area contributed by atoms with Gasteiger partial charge in [-0.1, -0.05) is 48.0 Å². The van der Waals surface area contributed by atoms with E-state index in [2.05, 4.69) is 28.5 Å². The second-order valence-electron chi connectivity index (χ2n) is 6.19. The second kappa shape index (κ2) is 5.86. The lowest BCUT2D eigenvalue weighted by molar-refractivity contribution is 0.509. The Labute approximate surface area is 140 Å². The van der Waals surface area contributed by atoms with Gasteiger partial charge in [0.25, 0.3) is 0 Å². The minimum atomic E-state index is 0.257. The number of nitriles is 1. The lowest BCUT2D eigenvalue weighted by Gasteiger charge is -2.03. The van der Waals surface area contributed by atoms with Crippen molar-refractivity contribution in [1.29, 1.82) is 5.26 Å². The zero-order valence-electron chi connectivity index (χ0n) is 13.4. The molecule has 1 fully saturated rings. The Kier molecular flexibility index (Phi) is 3.55. The van der Waals surface area contributed by atoms with Crippen LogP contribution in [0.2, 0.25) is 0 Å². The van der Waals surface area contributed by atoms with E-state index in [0.29, 0.717) is 23.4 Å². The van der Waals surface area contributed by atoms with E-state index in [0.717, 1.165) is 12.1 Å². The molecule has 0 amide bonds. The van der Waals surface area contributed by atoms with Gasteiger partial charge in [-0.25, -0.2) is 4.98 Å². The molecule has 0 aliphatic heterocycles. The third kappa shape index (κ3) is 2.77. The number of rotatable bonds is 4. The smallest absolute Gasteiger partial charge is 0.236 e. The van der Waals surface area contributed by atoms with Gasteiger partial charge in [-0.3, -0.25) is 0 Å². The predicted octanol–water partition coefficient (Wildman–Crippen LogP) is 4.87. The fourth-order valence-electron chi connectivity index (χ4n) is 2.96. The maximum absolute atomic E-state index is 9.33. The molecule has 2 unspecified atom stereocenters. The second-order valence-corrected chi connectivity index (χ2v) is 6.19. The van der Waals surface area contributed by atoms with Crippen molar-refractivity contribution in [2.45, 2.75) is 25.2 Å². The number of aryl methyl sites for hydroxylation is 1. The molecule has 1 N–H and O–H groups in total. The number of aromatic nitrogens is 1. The first-order valence-electron chi connectivity index (χ1n) is 8.04. The summed E-state index contributed by atoms with van der Waals surface area (Å²) in [5.41, 5.74) is 3.68. The Morgan fingerprint density at radius 3 is 2.54 bits per heavy atom. The Morgan fingerprint density at radius 2 is 1.83 bits per heavy atom. The zero-order chi connectivity index (χ0) is 16.5. The van der Waals surface area contributed by atoms with E-state index < -0.39 is 0 Å². The first-order chi connectivity index (χ1) is 11.7. The SMILES string of the molecule is Cc1ccc(Nc2oc(C3CC3c3ccccc3)nc2C#N)cc1. The molecule has 0 saturated heterocycles. The average molecular weight is 315 g/mol. The molecule has 2 aromatic carbocycles. The van der Waals surface area contributed by atoms with Gasteiger partial charge in [-0.2, -0.15) is 5.26 Å². The van der Waals surface area contributed by atoms with E-state index in [-0.39, 0.29) is 5.92 Å². The van der Waals surface area contributed by atoms with E-state index >= 15 is 0 Å². The summed E-state index contributed by atoms with van der Waals surface area (Å²) in [6.07, 6.45) is 1.01. The minimum absolute atomic E-state index is 0.257. The van der Waals surface area contributed by atoms with E-state index in [4.69, 9.17) is 4.42 Å². The molecule has 0 spiro atoms. The van der Waals surface area contributed by atoms with Crippen molar-refractivity contribution in [3.8, 4) is 6.07 Å². The van der Waals surface area contributed by atoms with Crippen molar-refractivity contribution in [3.63, 3.8) is 0 Å². The van der Waals surface area contributed by atoms with Gasteiger partial charge in [0.05, 0.1) is 0 Å². The van der Waals surface area contributed by atoms with Crippen LogP contribution in [0.4, 0.5) is 11.6 Å². The van der Waals surface area contributed by atoms with Gasteiger partial charge in [0.2, 0.25) is 17.5 Å². The topological polar surface area (TPSA) is 61.9 Å². The average Bonchev–Trinajstić information content (AvgIpc) is 3.32. The summed E-state index contributed by atoms with van der Waals surface area (Å²) < 4.78 is 5.87. The monoisotopic (exact) mass is 315 g/mol. The van der Waals surface area contributed by atoms with Crippen LogP contribution >= 0.6 is 0 Å². The van der Waals surface area contributed by atoms with Gasteiger partial charge < -0.3 is 9.73 Å². The molecule has 3 aromatic rings. The van der Waals surface area contributed by atoms with Crippen LogP contribution in [0.25, 0.3) is 0 Å². The molecular formula is C20H17N3O. The van der Waals surface area contributed by atoms with Crippen LogP contribution in [0.5, 0.6) is 0 Å². The van der Waals surface area contributed by atoms with Crippen molar-refractivity contribution >= 4 is 11.6 Å². The van der Waals surface area contributed by atoms with Crippen molar-refractivity contribution in [1.82, 2.24) is 4.98 Å². The summed E-state index contributed by atoms with van der Waals surface area (Å²) in [7, 11) is 0. The van der Waals surface area contributed by atoms with Crippen molar-refractivity contribution in [2.75, 3.05) is 5.32 Å². The van der Waals surface area contributed by atoms with Crippen molar-refractivity contribution in [3.05, 3.63) is 77.3 Å². The van der Waals surface area contributed by atoms with Crippen LogP contribution in [0, 0.1) is 18.3 Å². The lowest BCUT2D eigenvalue weighted by atomic mass is 10.1. The summed E-state index contributed by atoms with van der Waals surface area (Å²) in [4.78, 5) is 4.39. The highest BCUT2D eigenvalue weighted by atomic mass is 16.4. The molecule has 24 heavy (non-hydrogen) atoms. The minimum Gasteiger partial charge on any atom is -0.423 e. The van der Waals surface area contributed by atoms with Gasteiger partial charge in [0, 0.05) is 11.6 Å². The maximum Gasteiger partial charge on any atom is 0.236 e. The normalized spacial score (nSPS) is 18.8. The number of nitrogens with zero attached hydrogens (tertiary/aromatic N) is 2. The Bertz CT molecular complexity index is 891. The first kappa shape index (κ1) is 14.5. The molecule has 0 bridgehead atoms. The zero-order valence-corrected chi connectivity index (χ0v) is 13.4. The third-order valence-corrected chi connectivity index (χ3v) is 4.39. The molecule has 2 atom stereocenters. The fourth-order valence-corrected chi connectivity index (χ4v) is 2.96.